The average molecular weight is 301 g/mol. The molecule has 1 aromatic rings. The number of likely N-dealkylation sites (tertiary alicyclic amines) is 1. The maximum Gasteiger partial charge on any atom is 0.433 e. The van der Waals surface area contributed by atoms with Gasteiger partial charge in [-0.25, -0.2) is 4.98 Å². The van der Waals surface area contributed by atoms with Crippen LogP contribution in [0.1, 0.15) is 28.2 Å². The van der Waals surface area contributed by atoms with Crippen LogP contribution in [0.4, 0.5) is 13.2 Å². The molecule has 4 nitrogen and oxygen atoms in total. The van der Waals surface area contributed by atoms with Gasteiger partial charge >= 0.3 is 6.18 Å². The first kappa shape index (κ1) is 15.8. The minimum atomic E-state index is -4.49. The van der Waals surface area contributed by atoms with Gasteiger partial charge in [0.2, 0.25) is 0 Å². The summed E-state index contributed by atoms with van der Waals surface area (Å²) in [7, 11) is 3.90. The second kappa shape index (κ2) is 5.63. The topological polar surface area (TPSA) is 36.4 Å². The SMILES string of the molecule is Cc1nc(C(F)(F)F)ccc1C(=O)N1CC[C@@H](N(C)C)C1. The van der Waals surface area contributed by atoms with Crippen molar-refractivity contribution in [1.29, 1.82) is 0 Å². The molecule has 0 radical (unpaired) electrons. The van der Waals surface area contributed by atoms with Crippen molar-refractivity contribution in [2.45, 2.75) is 25.6 Å². The van der Waals surface area contributed by atoms with Gasteiger partial charge in [0.1, 0.15) is 5.69 Å². The molecule has 0 N–H and O–H groups in total. The lowest BCUT2D eigenvalue weighted by Gasteiger charge is -2.21. The molecule has 2 heterocycles. The smallest absolute Gasteiger partial charge is 0.337 e. The summed E-state index contributed by atoms with van der Waals surface area (Å²) >= 11 is 0. The summed E-state index contributed by atoms with van der Waals surface area (Å²) in [5.74, 6) is -0.252. The summed E-state index contributed by atoms with van der Waals surface area (Å²) < 4.78 is 37.7. The van der Waals surface area contributed by atoms with Gasteiger partial charge in [-0.15, -0.1) is 0 Å². The lowest BCUT2D eigenvalue weighted by Crippen LogP contribution is -2.34. The number of halogens is 3. The molecule has 1 aliphatic rings. The summed E-state index contributed by atoms with van der Waals surface area (Å²) in [4.78, 5) is 19.6. The maximum atomic E-state index is 12.6. The van der Waals surface area contributed by atoms with Crippen LogP contribution in [-0.2, 0) is 6.18 Å². The van der Waals surface area contributed by atoms with Crippen LogP contribution in [0.3, 0.4) is 0 Å². The lowest BCUT2D eigenvalue weighted by atomic mass is 10.1. The first-order valence-corrected chi connectivity index (χ1v) is 6.70. The maximum absolute atomic E-state index is 12.6. The van der Waals surface area contributed by atoms with E-state index in [-0.39, 0.29) is 23.2 Å². The first-order chi connectivity index (χ1) is 9.70. The van der Waals surface area contributed by atoms with E-state index in [0.29, 0.717) is 13.1 Å². The minimum absolute atomic E-state index is 0.114. The van der Waals surface area contributed by atoms with Crippen molar-refractivity contribution in [2.24, 2.45) is 0 Å². The Morgan fingerprint density at radius 2 is 2.05 bits per heavy atom. The van der Waals surface area contributed by atoms with Gasteiger partial charge in [0.05, 0.1) is 11.3 Å². The molecule has 7 heteroatoms. The fourth-order valence-electron chi connectivity index (χ4n) is 2.46. The predicted octanol–water partition coefficient (Wildman–Crippen LogP) is 2.18. The fraction of sp³-hybridized carbons (Fsp3) is 0.571. The minimum Gasteiger partial charge on any atom is -0.337 e. The van der Waals surface area contributed by atoms with Gasteiger partial charge in [-0.3, -0.25) is 4.79 Å². The van der Waals surface area contributed by atoms with Gasteiger partial charge in [0, 0.05) is 19.1 Å². The van der Waals surface area contributed by atoms with Crippen molar-refractivity contribution < 1.29 is 18.0 Å². The van der Waals surface area contributed by atoms with Gasteiger partial charge < -0.3 is 9.80 Å². The summed E-state index contributed by atoms with van der Waals surface area (Å²) in [5.41, 5.74) is -0.616. The Bertz CT molecular complexity index is 543. The number of amides is 1. The highest BCUT2D eigenvalue weighted by atomic mass is 19.4. The number of nitrogens with zero attached hydrogens (tertiary/aromatic N) is 3. The third-order valence-corrected chi connectivity index (χ3v) is 3.79. The lowest BCUT2D eigenvalue weighted by molar-refractivity contribution is -0.141. The summed E-state index contributed by atoms with van der Waals surface area (Å²) in [6.07, 6.45) is -3.62. The molecule has 0 aromatic carbocycles. The number of pyridine rings is 1. The molecule has 1 saturated heterocycles. The van der Waals surface area contributed by atoms with E-state index >= 15 is 0 Å². The molecule has 0 bridgehead atoms. The van der Waals surface area contributed by atoms with Crippen molar-refractivity contribution >= 4 is 5.91 Å². The molecule has 1 atom stereocenters. The molecule has 116 valence electrons. The van der Waals surface area contributed by atoms with E-state index in [1.54, 1.807) is 4.90 Å². The first-order valence-electron chi connectivity index (χ1n) is 6.70. The number of carbonyl (C=O) groups is 1. The largest absolute Gasteiger partial charge is 0.433 e. The van der Waals surface area contributed by atoms with E-state index in [2.05, 4.69) is 4.98 Å². The van der Waals surface area contributed by atoms with Gasteiger partial charge in [-0.05, 0) is 39.6 Å². The normalized spacial score (nSPS) is 19.4. The number of carbonyl (C=O) groups excluding carboxylic acids is 1. The van der Waals surface area contributed by atoms with Crippen LogP contribution >= 0.6 is 0 Å². The van der Waals surface area contributed by atoms with Crippen LogP contribution in [0.2, 0.25) is 0 Å². The molecular weight excluding hydrogens is 283 g/mol. The monoisotopic (exact) mass is 301 g/mol. The zero-order valence-corrected chi connectivity index (χ0v) is 12.2. The van der Waals surface area contributed by atoms with Crippen molar-refractivity contribution in [3.63, 3.8) is 0 Å². The molecule has 0 spiro atoms. The van der Waals surface area contributed by atoms with Gasteiger partial charge in [-0.2, -0.15) is 13.2 Å². The van der Waals surface area contributed by atoms with Gasteiger partial charge in [-0.1, -0.05) is 0 Å². The Morgan fingerprint density at radius 3 is 2.52 bits per heavy atom. The summed E-state index contributed by atoms with van der Waals surface area (Å²) in [6.45, 7) is 2.64. The standard InChI is InChI=1S/C14H18F3N3O/c1-9-11(4-5-12(18-9)14(15,16)17)13(21)20-7-6-10(8-20)19(2)3/h4-5,10H,6-8H2,1-3H3/t10-/m1/s1. The Hall–Kier alpha value is -1.63. The van der Waals surface area contributed by atoms with Crippen LogP contribution in [0, 0.1) is 6.92 Å². The van der Waals surface area contributed by atoms with Crippen LogP contribution in [0.5, 0.6) is 0 Å². The Labute approximate surface area is 121 Å². The molecule has 0 saturated carbocycles. The molecule has 2 rings (SSSR count). The number of rotatable bonds is 2. The molecule has 1 amide bonds. The van der Waals surface area contributed by atoms with E-state index in [0.717, 1.165) is 12.5 Å². The van der Waals surface area contributed by atoms with Crippen LogP contribution in [0.15, 0.2) is 12.1 Å². The van der Waals surface area contributed by atoms with E-state index < -0.39 is 11.9 Å². The van der Waals surface area contributed by atoms with E-state index in [1.165, 1.54) is 13.0 Å². The number of aryl methyl sites for hydroxylation is 1. The number of alkyl halides is 3. The van der Waals surface area contributed by atoms with Crippen molar-refractivity contribution in [3.05, 3.63) is 29.1 Å². The second-order valence-corrected chi connectivity index (χ2v) is 5.48. The average Bonchev–Trinajstić information content (AvgIpc) is 2.86. The highest BCUT2D eigenvalue weighted by Crippen LogP contribution is 2.28. The third-order valence-electron chi connectivity index (χ3n) is 3.79. The van der Waals surface area contributed by atoms with Crippen LogP contribution < -0.4 is 0 Å². The quantitative estimate of drug-likeness (QED) is 0.840. The number of hydrogen-bond donors (Lipinski definition) is 0. The Balaban J connectivity index is 2.17. The highest BCUT2D eigenvalue weighted by Gasteiger charge is 2.34. The van der Waals surface area contributed by atoms with E-state index in [1.807, 2.05) is 19.0 Å². The van der Waals surface area contributed by atoms with E-state index in [9.17, 15) is 18.0 Å². The second-order valence-electron chi connectivity index (χ2n) is 5.48. The zero-order chi connectivity index (χ0) is 15.8. The molecular formula is C14H18F3N3O. The number of likely N-dealkylation sites (N-methyl/N-ethyl adjacent to an activating group) is 1. The molecule has 1 aliphatic heterocycles. The van der Waals surface area contributed by atoms with Gasteiger partial charge in [0.15, 0.2) is 0 Å². The van der Waals surface area contributed by atoms with E-state index in [4.69, 9.17) is 0 Å². The number of hydrogen-bond acceptors (Lipinski definition) is 3. The molecule has 0 unspecified atom stereocenters. The number of aromatic nitrogens is 1. The van der Waals surface area contributed by atoms with Crippen molar-refractivity contribution in [2.75, 3.05) is 27.2 Å². The highest BCUT2D eigenvalue weighted by molar-refractivity contribution is 5.95. The predicted molar refractivity (Wildman–Crippen MR) is 72.0 cm³/mol. The molecule has 0 aliphatic carbocycles. The Morgan fingerprint density at radius 1 is 1.38 bits per heavy atom. The Kier molecular flexibility index (Phi) is 4.22. The molecule has 1 aromatic heterocycles. The summed E-state index contributed by atoms with van der Waals surface area (Å²) in [5, 5.41) is 0. The van der Waals surface area contributed by atoms with Crippen LogP contribution in [-0.4, -0.2) is 53.9 Å². The zero-order valence-electron chi connectivity index (χ0n) is 12.2. The molecule has 1 fully saturated rings. The van der Waals surface area contributed by atoms with Crippen molar-refractivity contribution in [3.8, 4) is 0 Å². The van der Waals surface area contributed by atoms with Crippen molar-refractivity contribution in [1.82, 2.24) is 14.8 Å². The van der Waals surface area contributed by atoms with Gasteiger partial charge in [0.25, 0.3) is 5.91 Å². The van der Waals surface area contributed by atoms with Crippen LogP contribution in [0.25, 0.3) is 0 Å². The molecule has 21 heavy (non-hydrogen) atoms. The fourth-order valence-corrected chi connectivity index (χ4v) is 2.46. The third kappa shape index (κ3) is 3.34. The summed E-state index contributed by atoms with van der Waals surface area (Å²) in [6, 6.07) is 2.37.